The number of nitrogens with zero attached hydrogens (tertiary/aromatic N) is 3. The number of hydrogen-bond acceptors (Lipinski definition) is 3. The molecule has 336 valence electrons. The molecule has 0 fully saturated rings. The van der Waals surface area contributed by atoms with Gasteiger partial charge >= 0.3 is 0 Å². The van der Waals surface area contributed by atoms with Crippen LogP contribution in [0.1, 0.15) is 142 Å². The van der Waals surface area contributed by atoms with Crippen LogP contribution in [0.15, 0.2) is 134 Å². The molecule has 5 heteroatoms. The topological polar surface area (TPSA) is 50.9 Å². The third kappa shape index (κ3) is 9.43. The summed E-state index contributed by atoms with van der Waals surface area (Å²) in [6.45, 7) is -10.2. The standard InChI is InChI=1S/C60H64N3O.Pt/c1-14-60(12,13)44-27-28-52(48(35-44)40-19-16-15-17-20-40)63-53-22-18-21-47(54(53)62-56(63)49-36-46(58(6,7)8)37-50(55(49)64)59(9,10)11)42-31-43(33-45(32-42)57(3,4)5)51-34-41(29-30-61-51)39-25-23-38(2)24-26-39;/h15-30,32-37,64H,14H2,1-13H3;/q-1;/i6D3,7D3,8D3,9D3,10D3,11D3;. The molecule has 0 saturated carbocycles. The van der Waals surface area contributed by atoms with Gasteiger partial charge in [-0.15, -0.1) is 29.3 Å². The molecule has 0 spiro atoms. The van der Waals surface area contributed by atoms with Gasteiger partial charge in [-0.05, 0) is 93.2 Å². The van der Waals surface area contributed by atoms with Gasteiger partial charge in [-0.2, -0.15) is 0 Å². The van der Waals surface area contributed by atoms with Crippen LogP contribution in [0.3, 0.4) is 0 Å². The number of aromatic hydroxyl groups is 1. The van der Waals surface area contributed by atoms with E-state index in [2.05, 4.69) is 19.9 Å². The first-order chi connectivity index (χ1) is 37.6. The number of phenols is 1. The molecule has 1 N–H and O–H groups in total. The second-order valence-corrected chi connectivity index (χ2v) is 18.4. The van der Waals surface area contributed by atoms with Crippen molar-refractivity contribution >= 4 is 11.0 Å². The monoisotopic (exact) mass is 1060 g/mol. The molecule has 0 aliphatic carbocycles. The normalized spacial score (nSPS) is 17.6. The Morgan fingerprint density at radius 2 is 1.29 bits per heavy atom. The van der Waals surface area contributed by atoms with Gasteiger partial charge in [0.2, 0.25) is 0 Å². The Hall–Kier alpha value is -5.57. The van der Waals surface area contributed by atoms with Crippen LogP contribution in [0.5, 0.6) is 5.75 Å². The predicted octanol–water partition coefficient (Wildman–Crippen LogP) is 16.1. The first-order valence-electron chi connectivity index (χ1n) is 30.4. The molecule has 6 aromatic carbocycles. The number of imidazole rings is 1. The van der Waals surface area contributed by atoms with Gasteiger partial charge in [0.15, 0.2) is 0 Å². The second-order valence-electron chi connectivity index (χ2n) is 18.4. The molecule has 4 nitrogen and oxygen atoms in total. The predicted molar refractivity (Wildman–Crippen MR) is 271 cm³/mol. The molecular weight excluding hydrogens is 974 g/mol. The van der Waals surface area contributed by atoms with E-state index in [4.69, 9.17) is 34.6 Å². The Balaban J connectivity index is 0.00000990. The minimum absolute atomic E-state index is 0. The molecule has 65 heavy (non-hydrogen) atoms. The average molecular weight is 1060 g/mol. The Kier molecular flexibility index (Phi) is 7.92. The first-order valence-corrected chi connectivity index (χ1v) is 21.4. The second kappa shape index (κ2) is 17.7. The molecule has 0 unspecified atom stereocenters. The van der Waals surface area contributed by atoms with Gasteiger partial charge in [0, 0.05) is 68.8 Å². The van der Waals surface area contributed by atoms with Gasteiger partial charge in [-0.1, -0.05) is 184 Å². The molecule has 8 rings (SSSR count). The summed E-state index contributed by atoms with van der Waals surface area (Å²) >= 11 is 0. The fourth-order valence-corrected chi connectivity index (χ4v) is 8.04. The average Bonchev–Trinajstić information content (AvgIpc) is 1.16. The zero-order valence-corrected chi connectivity index (χ0v) is 39.8. The number of aryl methyl sites for hydroxylation is 1. The summed E-state index contributed by atoms with van der Waals surface area (Å²) in [5.74, 6) is -1.76. The summed E-state index contributed by atoms with van der Waals surface area (Å²) in [5.41, 5.74) is -3.68. The largest absolute Gasteiger partial charge is 0.507 e. The van der Waals surface area contributed by atoms with E-state index in [0.29, 0.717) is 51.7 Å². The summed E-state index contributed by atoms with van der Waals surface area (Å²) < 4.78 is 160. The Morgan fingerprint density at radius 3 is 1.97 bits per heavy atom. The fraction of sp³-hybridized carbons (Fsp3) is 0.300. The van der Waals surface area contributed by atoms with Crippen LogP contribution < -0.4 is 0 Å². The van der Waals surface area contributed by atoms with Crippen LogP contribution in [0.2, 0.25) is 0 Å². The van der Waals surface area contributed by atoms with Crippen LogP contribution in [-0.2, 0) is 42.7 Å². The number of hydrogen-bond donors (Lipinski definition) is 1. The van der Waals surface area contributed by atoms with Gasteiger partial charge in [0.05, 0.1) is 22.3 Å². The minimum Gasteiger partial charge on any atom is -0.507 e. The third-order valence-corrected chi connectivity index (χ3v) is 12.3. The van der Waals surface area contributed by atoms with Gasteiger partial charge in [0.1, 0.15) is 11.6 Å². The van der Waals surface area contributed by atoms with Crippen molar-refractivity contribution < 1.29 is 50.8 Å². The maximum absolute atomic E-state index is 13.1. The molecule has 0 aliphatic heterocycles. The van der Waals surface area contributed by atoms with Crippen molar-refractivity contribution in [1.82, 2.24) is 14.5 Å². The van der Waals surface area contributed by atoms with Crippen LogP contribution in [0.4, 0.5) is 0 Å². The molecular formula is C60H64N3OPt-. The van der Waals surface area contributed by atoms with E-state index >= 15 is 0 Å². The van der Waals surface area contributed by atoms with Crippen molar-refractivity contribution in [2.45, 2.75) is 118 Å². The molecule has 0 atom stereocenters. The number of fused-ring (bicyclic) bond motifs is 1. The van der Waals surface area contributed by atoms with E-state index in [0.717, 1.165) is 33.9 Å². The van der Waals surface area contributed by atoms with Gasteiger partial charge < -0.3 is 5.11 Å². The summed E-state index contributed by atoms with van der Waals surface area (Å²) in [5, 5.41) is 13.1. The zero-order valence-electron chi connectivity index (χ0n) is 55.5. The molecule has 2 aromatic heterocycles. The fourth-order valence-electron chi connectivity index (χ4n) is 8.04. The van der Waals surface area contributed by atoms with Gasteiger partial charge in [-0.3, -0.25) is 9.55 Å². The molecule has 8 aromatic rings. The van der Waals surface area contributed by atoms with Crippen molar-refractivity contribution in [3.05, 3.63) is 167 Å². The molecule has 0 aliphatic rings. The van der Waals surface area contributed by atoms with Gasteiger partial charge in [0.25, 0.3) is 0 Å². The molecule has 2 heterocycles. The zero-order chi connectivity index (χ0) is 60.9. The van der Waals surface area contributed by atoms with E-state index in [1.165, 1.54) is 4.57 Å². The number of aromatic nitrogens is 3. The van der Waals surface area contributed by atoms with E-state index in [9.17, 15) is 5.11 Å². The van der Waals surface area contributed by atoms with Crippen molar-refractivity contribution in [3.8, 4) is 67.5 Å². The smallest absolute Gasteiger partial charge is 0.148 e. The van der Waals surface area contributed by atoms with Crippen LogP contribution >= 0.6 is 0 Å². The number of pyridine rings is 1. The first kappa shape index (κ1) is 29.1. The van der Waals surface area contributed by atoms with Gasteiger partial charge in [-0.25, -0.2) is 4.98 Å². The molecule has 0 saturated heterocycles. The summed E-state index contributed by atoms with van der Waals surface area (Å²) in [7, 11) is 0. The van der Waals surface area contributed by atoms with E-state index < -0.39 is 91.0 Å². The number of para-hydroxylation sites is 1. The summed E-state index contributed by atoms with van der Waals surface area (Å²) in [4.78, 5) is 10.0. The Labute approximate surface area is 427 Å². The molecule has 0 amide bonds. The van der Waals surface area contributed by atoms with Crippen molar-refractivity contribution in [1.29, 1.82) is 0 Å². The molecule has 0 bridgehead atoms. The van der Waals surface area contributed by atoms with Crippen molar-refractivity contribution in [2.75, 3.05) is 0 Å². The van der Waals surface area contributed by atoms with E-state index in [-0.39, 0.29) is 32.1 Å². The quantitative estimate of drug-likeness (QED) is 0.154. The SMILES string of the molecule is [2H]C([2H])([2H])C(c1cc(-c2nc3c(-c4[c-]c(-c5cc(-c6ccc(C)cc6)ccn5)cc(C(C)(C)C)c4)cccc3n2-c2ccc(C(C)(C)CC)cc2-c2ccccc2)c(O)c(C(C([2H])([2H])[2H])(C([2H])([2H])[2H])C([2H])([2H])[2H])c1)(C([2H])([2H])[2H])C([2H])([2H])[2H].[Pt]. The Bertz CT molecular complexity index is 3620. The number of benzene rings is 6. The van der Waals surface area contributed by atoms with Crippen LogP contribution in [-0.4, -0.2) is 19.6 Å². The van der Waals surface area contributed by atoms with Crippen molar-refractivity contribution in [3.63, 3.8) is 0 Å². The van der Waals surface area contributed by atoms with Crippen LogP contribution in [0.25, 0.3) is 72.7 Å². The maximum Gasteiger partial charge on any atom is 0.148 e. The third-order valence-electron chi connectivity index (χ3n) is 12.3. The Morgan fingerprint density at radius 1 is 0.615 bits per heavy atom. The maximum atomic E-state index is 13.1. The summed E-state index contributed by atoms with van der Waals surface area (Å²) in [6, 6.07) is 40.5. The summed E-state index contributed by atoms with van der Waals surface area (Å²) in [6.07, 6.45) is 2.42. The van der Waals surface area contributed by atoms with Crippen molar-refractivity contribution in [2.24, 2.45) is 0 Å². The number of rotatable bonds is 8. The van der Waals surface area contributed by atoms with E-state index in [1.54, 1.807) is 30.5 Å². The number of phenolic OH excluding ortho intramolecular Hbond substituents is 1. The van der Waals surface area contributed by atoms with Crippen LogP contribution in [0, 0.1) is 13.0 Å². The molecule has 0 radical (unpaired) electrons. The van der Waals surface area contributed by atoms with E-state index in [1.807, 2.05) is 126 Å². The minimum atomic E-state index is -4.14.